The summed E-state index contributed by atoms with van der Waals surface area (Å²) in [4.78, 5) is 11.6. The second kappa shape index (κ2) is 5.06. The van der Waals surface area contributed by atoms with Crippen LogP contribution in [0.4, 0.5) is 0 Å². The number of nitrogens with zero attached hydrogens (tertiary/aromatic N) is 3. The average Bonchev–Trinajstić information content (AvgIpc) is 2.86. The molecule has 4 nitrogen and oxygen atoms in total. The molecule has 0 N–H and O–H groups in total. The fraction of sp³-hybridized carbons (Fsp3) is 0.455. The summed E-state index contributed by atoms with van der Waals surface area (Å²) in [6, 6.07) is 0. The van der Waals surface area contributed by atoms with Crippen LogP contribution >= 0.6 is 22.9 Å². The molecule has 0 saturated heterocycles. The van der Waals surface area contributed by atoms with Gasteiger partial charge < -0.3 is 0 Å². The van der Waals surface area contributed by atoms with Crippen LogP contribution in [0.3, 0.4) is 0 Å². The van der Waals surface area contributed by atoms with E-state index in [0.717, 1.165) is 24.4 Å². The van der Waals surface area contributed by atoms with E-state index in [2.05, 4.69) is 5.10 Å². The van der Waals surface area contributed by atoms with Gasteiger partial charge in [-0.2, -0.15) is 5.10 Å². The molecule has 0 aliphatic rings. The van der Waals surface area contributed by atoms with E-state index < -0.39 is 0 Å². The first-order valence-corrected chi connectivity index (χ1v) is 6.81. The van der Waals surface area contributed by atoms with Crippen molar-refractivity contribution in [3.05, 3.63) is 37.7 Å². The molecule has 0 unspecified atom stereocenters. The molecule has 92 valence electrons. The Kier molecular flexibility index (Phi) is 3.69. The molecule has 0 radical (unpaired) electrons. The second-order valence-electron chi connectivity index (χ2n) is 3.67. The molecule has 0 aliphatic heterocycles. The second-order valence-corrected chi connectivity index (χ2v) is 4.91. The predicted molar refractivity (Wildman–Crippen MR) is 70.0 cm³/mol. The van der Waals surface area contributed by atoms with Crippen LogP contribution in [-0.4, -0.2) is 14.3 Å². The van der Waals surface area contributed by atoms with Crippen LogP contribution in [-0.2, 0) is 19.5 Å². The summed E-state index contributed by atoms with van der Waals surface area (Å²) in [7, 11) is 0. The van der Waals surface area contributed by atoms with E-state index in [1.54, 1.807) is 16.1 Å². The maximum Gasteiger partial charge on any atom is 0.307 e. The van der Waals surface area contributed by atoms with Crippen LogP contribution in [0.15, 0.2) is 16.4 Å². The van der Waals surface area contributed by atoms with Crippen LogP contribution < -0.4 is 4.87 Å². The van der Waals surface area contributed by atoms with E-state index in [0.29, 0.717) is 11.6 Å². The molecule has 0 atom stereocenters. The molecule has 0 spiro atoms. The van der Waals surface area contributed by atoms with E-state index in [1.165, 1.54) is 11.3 Å². The lowest BCUT2D eigenvalue weighted by Gasteiger charge is -2.05. The van der Waals surface area contributed by atoms with Crippen LogP contribution in [0.1, 0.15) is 25.2 Å². The largest absolute Gasteiger partial charge is 0.307 e. The molecule has 0 bridgehead atoms. The third kappa shape index (κ3) is 2.30. The van der Waals surface area contributed by atoms with Crippen LogP contribution in [0.25, 0.3) is 0 Å². The van der Waals surface area contributed by atoms with E-state index in [-0.39, 0.29) is 4.87 Å². The summed E-state index contributed by atoms with van der Waals surface area (Å²) in [5, 5.41) is 6.90. The minimum atomic E-state index is 0.0305. The fourth-order valence-corrected chi connectivity index (χ4v) is 2.65. The number of rotatable bonds is 4. The standard InChI is InChI=1S/C11H14ClN3OS/c1-3-8-10(12)9(15(4-2)13-8)7-14-5-6-17-11(14)16/h5-6H,3-4,7H2,1-2H3. The zero-order valence-electron chi connectivity index (χ0n) is 9.81. The molecule has 0 amide bonds. The topological polar surface area (TPSA) is 39.8 Å². The Morgan fingerprint density at radius 2 is 2.24 bits per heavy atom. The van der Waals surface area contributed by atoms with Crippen molar-refractivity contribution >= 4 is 22.9 Å². The monoisotopic (exact) mass is 271 g/mol. The molecule has 0 aromatic carbocycles. The van der Waals surface area contributed by atoms with E-state index in [4.69, 9.17) is 11.6 Å². The number of aromatic nitrogens is 3. The van der Waals surface area contributed by atoms with Crippen molar-refractivity contribution in [2.24, 2.45) is 0 Å². The van der Waals surface area contributed by atoms with Crippen molar-refractivity contribution in [3.8, 4) is 0 Å². The van der Waals surface area contributed by atoms with Gasteiger partial charge in [0.05, 0.1) is 23.0 Å². The molecular formula is C11H14ClN3OS. The molecule has 0 saturated carbocycles. The first kappa shape index (κ1) is 12.4. The summed E-state index contributed by atoms with van der Waals surface area (Å²) in [5.74, 6) is 0. The van der Waals surface area contributed by atoms with Crippen molar-refractivity contribution in [1.82, 2.24) is 14.3 Å². The van der Waals surface area contributed by atoms with E-state index in [9.17, 15) is 4.79 Å². The van der Waals surface area contributed by atoms with Crippen molar-refractivity contribution < 1.29 is 0 Å². The molecule has 2 rings (SSSR count). The molecular weight excluding hydrogens is 258 g/mol. The van der Waals surface area contributed by atoms with Gasteiger partial charge in [0.1, 0.15) is 0 Å². The van der Waals surface area contributed by atoms with Gasteiger partial charge in [-0.05, 0) is 13.3 Å². The van der Waals surface area contributed by atoms with Gasteiger partial charge in [0, 0.05) is 18.1 Å². The Hall–Kier alpha value is -1.07. The third-order valence-corrected chi connectivity index (χ3v) is 3.79. The number of aryl methyl sites for hydroxylation is 2. The van der Waals surface area contributed by atoms with E-state index in [1.807, 2.05) is 18.5 Å². The smallest absolute Gasteiger partial charge is 0.300 e. The summed E-state index contributed by atoms with van der Waals surface area (Å²) >= 11 is 7.47. The lowest BCUT2D eigenvalue weighted by Crippen LogP contribution is -2.15. The zero-order chi connectivity index (χ0) is 12.4. The first-order chi connectivity index (χ1) is 8.17. The SMILES string of the molecule is CCc1nn(CC)c(Cn2ccsc2=O)c1Cl. The van der Waals surface area contributed by atoms with Gasteiger partial charge >= 0.3 is 4.87 Å². The molecule has 0 aliphatic carbocycles. The van der Waals surface area contributed by atoms with Crippen molar-refractivity contribution in [2.45, 2.75) is 33.4 Å². The van der Waals surface area contributed by atoms with Gasteiger partial charge in [-0.15, -0.1) is 0 Å². The summed E-state index contributed by atoms with van der Waals surface area (Å²) < 4.78 is 3.52. The van der Waals surface area contributed by atoms with Crippen molar-refractivity contribution in [3.63, 3.8) is 0 Å². The van der Waals surface area contributed by atoms with E-state index >= 15 is 0 Å². The highest BCUT2D eigenvalue weighted by molar-refractivity contribution is 7.07. The van der Waals surface area contributed by atoms with Gasteiger partial charge in [-0.1, -0.05) is 29.9 Å². The van der Waals surface area contributed by atoms with Crippen LogP contribution in [0.2, 0.25) is 5.02 Å². The molecule has 17 heavy (non-hydrogen) atoms. The Labute approximate surface area is 108 Å². The zero-order valence-corrected chi connectivity index (χ0v) is 11.4. The summed E-state index contributed by atoms with van der Waals surface area (Å²) in [6.07, 6.45) is 2.58. The number of hydrogen-bond donors (Lipinski definition) is 0. The third-order valence-electron chi connectivity index (χ3n) is 2.66. The Morgan fingerprint density at radius 1 is 1.47 bits per heavy atom. The number of halogens is 1. The average molecular weight is 272 g/mol. The van der Waals surface area contributed by atoms with Crippen LogP contribution in [0, 0.1) is 0 Å². The van der Waals surface area contributed by atoms with Gasteiger partial charge in [0.2, 0.25) is 0 Å². The Bertz CT molecular complexity index is 570. The first-order valence-electron chi connectivity index (χ1n) is 5.55. The predicted octanol–water partition coefficient (Wildman–Crippen LogP) is 2.39. The minimum Gasteiger partial charge on any atom is -0.300 e. The molecule has 0 fully saturated rings. The summed E-state index contributed by atoms with van der Waals surface area (Å²) in [5.41, 5.74) is 1.80. The lowest BCUT2D eigenvalue weighted by atomic mass is 10.3. The quantitative estimate of drug-likeness (QED) is 0.857. The Morgan fingerprint density at radius 3 is 2.76 bits per heavy atom. The maximum atomic E-state index is 11.5. The highest BCUT2D eigenvalue weighted by Gasteiger charge is 2.15. The highest BCUT2D eigenvalue weighted by Crippen LogP contribution is 2.22. The number of thiazole rings is 1. The van der Waals surface area contributed by atoms with Crippen molar-refractivity contribution in [1.29, 1.82) is 0 Å². The van der Waals surface area contributed by atoms with Gasteiger partial charge in [-0.25, -0.2) is 0 Å². The fourth-order valence-electron chi connectivity index (χ4n) is 1.74. The normalized spacial score (nSPS) is 11.0. The molecule has 6 heteroatoms. The summed E-state index contributed by atoms with van der Waals surface area (Å²) in [6.45, 7) is 5.29. The lowest BCUT2D eigenvalue weighted by molar-refractivity contribution is 0.593. The van der Waals surface area contributed by atoms with Crippen LogP contribution in [0.5, 0.6) is 0 Å². The Balaban J connectivity index is 2.41. The highest BCUT2D eigenvalue weighted by atomic mass is 35.5. The van der Waals surface area contributed by atoms with Crippen molar-refractivity contribution in [2.75, 3.05) is 0 Å². The minimum absolute atomic E-state index is 0.0305. The van der Waals surface area contributed by atoms with Gasteiger partial charge in [0.15, 0.2) is 0 Å². The molecule has 2 aromatic rings. The maximum absolute atomic E-state index is 11.5. The molecule has 2 aromatic heterocycles. The van der Waals surface area contributed by atoms with Gasteiger partial charge in [-0.3, -0.25) is 14.0 Å². The molecule has 2 heterocycles. The number of hydrogen-bond acceptors (Lipinski definition) is 3. The van der Waals surface area contributed by atoms with Gasteiger partial charge in [0.25, 0.3) is 0 Å².